The van der Waals surface area contributed by atoms with Crippen LogP contribution in [0.25, 0.3) is 10.9 Å². The summed E-state index contributed by atoms with van der Waals surface area (Å²) in [4.78, 5) is 29.3. The highest BCUT2D eigenvalue weighted by molar-refractivity contribution is 6.07. The van der Waals surface area contributed by atoms with Crippen LogP contribution in [-0.4, -0.2) is 23.3 Å². The number of rotatable bonds is 6. The van der Waals surface area contributed by atoms with Crippen LogP contribution in [0.15, 0.2) is 53.1 Å². The van der Waals surface area contributed by atoms with E-state index in [0.717, 1.165) is 29.4 Å². The quantitative estimate of drug-likeness (QED) is 0.717. The van der Waals surface area contributed by atoms with E-state index in [2.05, 4.69) is 15.6 Å². The minimum atomic E-state index is -0.268. The number of carbonyl (C=O) groups is 2. The Morgan fingerprint density at radius 2 is 1.96 bits per heavy atom. The van der Waals surface area contributed by atoms with Crippen LogP contribution in [-0.2, 0) is 11.3 Å². The molecule has 2 amide bonds. The molecule has 0 saturated heterocycles. The van der Waals surface area contributed by atoms with Gasteiger partial charge in [0.25, 0.3) is 5.91 Å². The summed E-state index contributed by atoms with van der Waals surface area (Å²) in [5.74, 6) is 0.579. The van der Waals surface area contributed by atoms with Crippen molar-refractivity contribution < 1.29 is 14.0 Å². The molecule has 1 aromatic carbocycles. The first-order valence-corrected chi connectivity index (χ1v) is 8.67. The number of nitrogens with zero attached hydrogens (tertiary/aromatic N) is 1. The van der Waals surface area contributed by atoms with Gasteiger partial charge in [0.05, 0.1) is 30.4 Å². The highest BCUT2D eigenvalue weighted by atomic mass is 16.3. The predicted octanol–water partition coefficient (Wildman–Crippen LogP) is 2.75. The Bertz CT molecular complexity index is 946. The number of hydrogen-bond acceptors (Lipinski definition) is 4. The number of fused-ring (bicyclic) bond motifs is 1. The fourth-order valence-electron chi connectivity index (χ4n) is 2.89. The zero-order valence-corrected chi connectivity index (χ0v) is 14.2. The number of nitrogens with one attached hydrogen (secondary N) is 2. The summed E-state index contributed by atoms with van der Waals surface area (Å²) in [6.07, 6.45) is 3.78. The molecular weight excluding hydrogens is 330 g/mol. The number of para-hydroxylation sites is 1. The Morgan fingerprint density at radius 1 is 1.12 bits per heavy atom. The monoisotopic (exact) mass is 349 g/mol. The predicted molar refractivity (Wildman–Crippen MR) is 96.6 cm³/mol. The number of amides is 2. The summed E-state index contributed by atoms with van der Waals surface area (Å²) in [5, 5.41) is 6.20. The molecule has 1 saturated carbocycles. The molecule has 132 valence electrons. The smallest absolute Gasteiger partial charge is 0.252 e. The third kappa shape index (κ3) is 3.59. The van der Waals surface area contributed by atoms with Crippen molar-refractivity contribution in [3.63, 3.8) is 0 Å². The average molecular weight is 349 g/mol. The van der Waals surface area contributed by atoms with Gasteiger partial charge in [-0.15, -0.1) is 0 Å². The summed E-state index contributed by atoms with van der Waals surface area (Å²) in [5.41, 5.74) is 2.33. The molecule has 2 aromatic heterocycles. The van der Waals surface area contributed by atoms with Gasteiger partial charge in [0.2, 0.25) is 5.91 Å². The SMILES string of the molecule is O=C(CNC(=O)c1cc(C2CC2)nc2ccccc12)NCc1ccco1. The fourth-order valence-corrected chi connectivity index (χ4v) is 2.89. The van der Waals surface area contributed by atoms with Gasteiger partial charge < -0.3 is 15.1 Å². The van der Waals surface area contributed by atoms with Gasteiger partial charge in [0, 0.05) is 17.0 Å². The van der Waals surface area contributed by atoms with Crippen molar-refractivity contribution in [1.29, 1.82) is 0 Å². The third-order valence-electron chi connectivity index (χ3n) is 4.43. The van der Waals surface area contributed by atoms with Crippen LogP contribution in [0, 0.1) is 0 Å². The van der Waals surface area contributed by atoms with E-state index in [-0.39, 0.29) is 18.4 Å². The van der Waals surface area contributed by atoms with Crippen molar-refractivity contribution in [2.24, 2.45) is 0 Å². The average Bonchev–Trinajstić information content (AvgIpc) is 3.39. The fraction of sp³-hybridized carbons (Fsp3) is 0.250. The second kappa shape index (κ2) is 7.00. The summed E-state index contributed by atoms with van der Waals surface area (Å²) < 4.78 is 5.16. The molecule has 0 aliphatic heterocycles. The molecule has 1 fully saturated rings. The Kier molecular flexibility index (Phi) is 4.39. The van der Waals surface area contributed by atoms with E-state index in [1.807, 2.05) is 30.3 Å². The number of aromatic nitrogens is 1. The first-order valence-electron chi connectivity index (χ1n) is 8.67. The van der Waals surface area contributed by atoms with E-state index >= 15 is 0 Å². The molecule has 0 spiro atoms. The molecule has 0 bridgehead atoms. The number of carbonyl (C=O) groups excluding carboxylic acids is 2. The standard InChI is InChI=1S/C20H19N3O3/c24-19(21-11-14-4-3-9-26-14)12-22-20(25)16-10-18(13-7-8-13)23-17-6-2-1-5-15(16)17/h1-6,9-10,13H,7-8,11-12H2,(H,21,24)(H,22,25). The highest BCUT2D eigenvalue weighted by Crippen LogP contribution is 2.40. The minimum absolute atomic E-state index is 0.0883. The number of benzene rings is 1. The van der Waals surface area contributed by atoms with Gasteiger partial charge in [-0.2, -0.15) is 0 Å². The van der Waals surface area contributed by atoms with Crippen molar-refractivity contribution in [2.45, 2.75) is 25.3 Å². The second-order valence-electron chi connectivity index (χ2n) is 6.42. The van der Waals surface area contributed by atoms with E-state index in [1.165, 1.54) is 0 Å². The molecule has 1 aliphatic carbocycles. The molecular formula is C20H19N3O3. The van der Waals surface area contributed by atoms with Gasteiger partial charge in [0.1, 0.15) is 5.76 Å². The normalized spacial score (nSPS) is 13.5. The van der Waals surface area contributed by atoms with Gasteiger partial charge in [-0.05, 0) is 37.1 Å². The summed E-state index contributed by atoms with van der Waals surface area (Å²) in [7, 11) is 0. The van der Waals surface area contributed by atoms with Crippen LogP contribution in [0.2, 0.25) is 0 Å². The first kappa shape index (κ1) is 16.3. The third-order valence-corrected chi connectivity index (χ3v) is 4.43. The van der Waals surface area contributed by atoms with Gasteiger partial charge in [-0.25, -0.2) is 0 Å². The maximum Gasteiger partial charge on any atom is 0.252 e. The molecule has 1 aliphatic rings. The first-order chi connectivity index (χ1) is 12.7. The lowest BCUT2D eigenvalue weighted by Crippen LogP contribution is -2.36. The molecule has 0 atom stereocenters. The van der Waals surface area contributed by atoms with Crippen molar-refractivity contribution in [3.05, 3.63) is 65.7 Å². The topological polar surface area (TPSA) is 84.2 Å². The summed E-state index contributed by atoms with van der Waals surface area (Å²) in [6.45, 7) is 0.209. The number of furan rings is 1. The van der Waals surface area contributed by atoms with Crippen molar-refractivity contribution >= 4 is 22.7 Å². The van der Waals surface area contributed by atoms with E-state index in [1.54, 1.807) is 18.4 Å². The molecule has 6 heteroatoms. The van der Waals surface area contributed by atoms with Crippen LogP contribution in [0.1, 0.15) is 40.6 Å². The van der Waals surface area contributed by atoms with Crippen LogP contribution < -0.4 is 10.6 Å². The Morgan fingerprint density at radius 3 is 2.73 bits per heavy atom. The Balaban J connectivity index is 1.44. The summed E-state index contributed by atoms with van der Waals surface area (Å²) in [6, 6.07) is 13.0. The summed E-state index contributed by atoms with van der Waals surface area (Å²) >= 11 is 0. The zero-order chi connectivity index (χ0) is 17.9. The molecule has 4 rings (SSSR count). The van der Waals surface area contributed by atoms with Crippen molar-refractivity contribution in [1.82, 2.24) is 15.6 Å². The van der Waals surface area contributed by atoms with E-state index in [4.69, 9.17) is 4.42 Å². The number of pyridine rings is 1. The van der Waals surface area contributed by atoms with E-state index < -0.39 is 0 Å². The largest absolute Gasteiger partial charge is 0.467 e. The number of hydrogen-bond donors (Lipinski definition) is 2. The molecule has 6 nitrogen and oxygen atoms in total. The van der Waals surface area contributed by atoms with Crippen molar-refractivity contribution in [3.8, 4) is 0 Å². The Hall–Kier alpha value is -3.15. The Labute approximate surface area is 150 Å². The highest BCUT2D eigenvalue weighted by Gasteiger charge is 2.27. The van der Waals surface area contributed by atoms with Gasteiger partial charge in [-0.3, -0.25) is 14.6 Å². The van der Waals surface area contributed by atoms with E-state index in [9.17, 15) is 9.59 Å². The molecule has 0 radical (unpaired) electrons. The van der Waals surface area contributed by atoms with Gasteiger partial charge in [0.15, 0.2) is 0 Å². The molecule has 3 aromatic rings. The van der Waals surface area contributed by atoms with Crippen LogP contribution >= 0.6 is 0 Å². The molecule has 2 N–H and O–H groups in total. The van der Waals surface area contributed by atoms with Crippen LogP contribution in [0.4, 0.5) is 0 Å². The second-order valence-corrected chi connectivity index (χ2v) is 6.42. The maximum absolute atomic E-state index is 12.7. The van der Waals surface area contributed by atoms with Crippen LogP contribution in [0.5, 0.6) is 0 Å². The minimum Gasteiger partial charge on any atom is -0.467 e. The van der Waals surface area contributed by atoms with Crippen LogP contribution in [0.3, 0.4) is 0 Å². The van der Waals surface area contributed by atoms with Crippen molar-refractivity contribution in [2.75, 3.05) is 6.54 Å². The molecule has 2 heterocycles. The lowest BCUT2D eigenvalue weighted by Gasteiger charge is -2.10. The zero-order valence-electron chi connectivity index (χ0n) is 14.2. The molecule has 0 unspecified atom stereocenters. The van der Waals surface area contributed by atoms with Gasteiger partial charge in [-0.1, -0.05) is 18.2 Å². The van der Waals surface area contributed by atoms with E-state index in [0.29, 0.717) is 23.8 Å². The lowest BCUT2D eigenvalue weighted by atomic mass is 10.1. The lowest BCUT2D eigenvalue weighted by molar-refractivity contribution is -0.120. The van der Waals surface area contributed by atoms with Gasteiger partial charge >= 0.3 is 0 Å². The molecule has 26 heavy (non-hydrogen) atoms. The maximum atomic E-state index is 12.7.